The molecule has 0 aliphatic rings. The minimum absolute atomic E-state index is 0.375. The van der Waals surface area contributed by atoms with Crippen molar-refractivity contribution in [2.45, 2.75) is 13.5 Å². The molecule has 0 radical (unpaired) electrons. The van der Waals surface area contributed by atoms with Crippen molar-refractivity contribution in [1.82, 2.24) is 9.78 Å². The fourth-order valence-electron chi connectivity index (χ4n) is 1.79. The molecule has 2 rings (SSSR count). The Kier molecular flexibility index (Phi) is 3.28. The maximum Gasteiger partial charge on any atom is 0.156 e. The van der Waals surface area contributed by atoms with Gasteiger partial charge in [0.15, 0.2) is 6.29 Å². The van der Waals surface area contributed by atoms with Crippen LogP contribution in [0.1, 0.15) is 15.9 Å². The van der Waals surface area contributed by atoms with E-state index in [1.165, 1.54) is 0 Å². The van der Waals surface area contributed by atoms with E-state index in [1.807, 2.05) is 31.2 Å². The molecule has 92 valence electrons. The number of carbonyl (C=O) groups is 1. The van der Waals surface area contributed by atoms with Crippen molar-refractivity contribution < 1.29 is 4.79 Å². The summed E-state index contributed by atoms with van der Waals surface area (Å²) in [5.74, 6) is 0.375. The van der Waals surface area contributed by atoms with Crippen molar-refractivity contribution in [3.05, 3.63) is 48.0 Å². The monoisotopic (exact) mass is 241 g/mol. The van der Waals surface area contributed by atoms with Gasteiger partial charge in [-0.05, 0) is 6.92 Å². The lowest BCUT2D eigenvalue weighted by molar-refractivity contribution is 0.112. The molecule has 0 saturated carbocycles. The van der Waals surface area contributed by atoms with E-state index in [2.05, 4.69) is 11.7 Å². The summed E-state index contributed by atoms with van der Waals surface area (Å²) >= 11 is 0. The number of aromatic nitrogens is 2. The van der Waals surface area contributed by atoms with E-state index in [9.17, 15) is 4.79 Å². The molecule has 0 fully saturated rings. The molecule has 4 nitrogen and oxygen atoms in total. The van der Waals surface area contributed by atoms with Crippen LogP contribution in [-0.4, -0.2) is 16.1 Å². The van der Waals surface area contributed by atoms with Crippen LogP contribution in [0.25, 0.3) is 11.3 Å². The summed E-state index contributed by atoms with van der Waals surface area (Å²) < 4.78 is 1.58. The van der Waals surface area contributed by atoms with E-state index >= 15 is 0 Å². The van der Waals surface area contributed by atoms with Gasteiger partial charge in [-0.3, -0.25) is 4.79 Å². The molecule has 1 aromatic heterocycles. The summed E-state index contributed by atoms with van der Waals surface area (Å²) in [6, 6.07) is 7.82. The molecule has 0 aliphatic heterocycles. The summed E-state index contributed by atoms with van der Waals surface area (Å²) in [7, 11) is 0. The highest BCUT2D eigenvalue weighted by Crippen LogP contribution is 2.26. The van der Waals surface area contributed by atoms with Crippen LogP contribution in [0.15, 0.2) is 36.9 Å². The molecule has 2 aromatic rings. The average molecular weight is 241 g/mol. The highest BCUT2D eigenvalue weighted by Gasteiger charge is 2.15. The predicted octanol–water partition coefficient (Wildman–Crippen LogP) is 2.44. The van der Waals surface area contributed by atoms with Gasteiger partial charge in [-0.1, -0.05) is 35.9 Å². The number of benzene rings is 1. The quantitative estimate of drug-likeness (QED) is 0.660. The highest BCUT2D eigenvalue weighted by molar-refractivity contribution is 5.91. The maximum absolute atomic E-state index is 11.1. The minimum atomic E-state index is 0.375. The Balaban J connectivity index is 2.56. The zero-order valence-electron chi connectivity index (χ0n) is 10.3. The lowest BCUT2D eigenvalue weighted by Crippen LogP contribution is -2.03. The van der Waals surface area contributed by atoms with Crippen molar-refractivity contribution in [2.75, 3.05) is 5.73 Å². The number of allylic oxidation sites excluding steroid dienone is 1. The zero-order chi connectivity index (χ0) is 13.1. The number of rotatable bonds is 4. The third-order valence-corrected chi connectivity index (χ3v) is 2.77. The average Bonchev–Trinajstić information content (AvgIpc) is 2.68. The molecule has 4 heteroatoms. The van der Waals surface area contributed by atoms with Gasteiger partial charge in [0.25, 0.3) is 0 Å². The van der Waals surface area contributed by atoms with Crippen molar-refractivity contribution in [1.29, 1.82) is 0 Å². The normalized spacial score (nSPS) is 10.3. The zero-order valence-corrected chi connectivity index (χ0v) is 10.3. The first-order valence-corrected chi connectivity index (χ1v) is 5.66. The molecule has 0 saturated heterocycles. The first-order chi connectivity index (χ1) is 8.67. The largest absolute Gasteiger partial charge is 0.383 e. The minimum Gasteiger partial charge on any atom is -0.383 e. The van der Waals surface area contributed by atoms with E-state index in [0.29, 0.717) is 23.6 Å². The number of nitrogens with zero attached hydrogens (tertiary/aromatic N) is 2. The molecule has 2 N–H and O–H groups in total. The third-order valence-electron chi connectivity index (χ3n) is 2.77. The van der Waals surface area contributed by atoms with Gasteiger partial charge < -0.3 is 5.73 Å². The Morgan fingerprint density at radius 2 is 2.06 bits per heavy atom. The van der Waals surface area contributed by atoms with Crippen LogP contribution in [0.4, 0.5) is 5.82 Å². The second-order valence-corrected chi connectivity index (χ2v) is 4.10. The Hall–Kier alpha value is -2.36. The van der Waals surface area contributed by atoms with Gasteiger partial charge in [0, 0.05) is 5.56 Å². The molecular weight excluding hydrogens is 226 g/mol. The number of anilines is 1. The summed E-state index contributed by atoms with van der Waals surface area (Å²) in [5.41, 5.74) is 8.98. The van der Waals surface area contributed by atoms with E-state index in [4.69, 9.17) is 5.73 Å². The Morgan fingerprint density at radius 3 is 2.61 bits per heavy atom. The standard InChI is InChI=1S/C14H15N3O/c1-3-8-17-14(15)12(9-18)13(16-17)11-6-4-10(2)5-7-11/h3-7,9H,1,8,15H2,2H3. The third kappa shape index (κ3) is 2.05. The molecule has 0 spiro atoms. The molecule has 0 atom stereocenters. The van der Waals surface area contributed by atoms with Crippen LogP contribution in [-0.2, 0) is 6.54 Å². The van der Waals surface area contributed by atoms with Crippen LogP contribution in [0.2, 0.25) is 0 Å². The van der Waals surface area contributed by atoms with Crippen LogP contribution in [0.5, 0.6) is 0 Å². The molecule has 0 aliphatic carbocycles. The van der Waals surface area contributed by atoms with E-state index in [-0.39, 0.29) is 0 Å². The van der Waals surface area contributed by atoms with Crippen LogP contribution in [0, 0.1) is 6.92 Å². The van der Waals surface area contributed by atoms with Gasteiger partial charge in [-0.25, -0.2) is 4.68 Å². The lowest BCUT2D eigenvalue weighted by atomic mass is 10.1. The fraction of sp³-hybridized carbons (Fsp3) is 0.143. The number of carbonyl (C=O) groups excluding carboxylic acids is 1. The number of hydrogen-bond donors (Lipinski definition) is 1. The second kappa shape index (κ2) is 4.87. The van der Waals surface area contributed by atoms with Crippen molar-refractivity contribution in [2.24, 2.45) is 0 Å². The van der Waals surface area contributed by atoms with Gasteiger partial charge in [0.05, 0.1) is 12.1 Å². The van der Waals surface area contributed by atoms with Crippen LogP contribution in [0.3, 0.4) is 0 Å². The molecule has 1 heterocycles. The number of aryl methyl sites for hydroxylation is 1. The predicted molar refractivity (Wildman–Crippen MR) is 72.4 cm³/mol. The Labute approximate surface area is 106 Å². The molecular formula is C14H15N3O. The Bertz CT molecular complexity index is 582. The van der Waals surface area contributed by atoms with Crippen molar-refractivity contribution in [3.8, 4) is 11.3 Å². The number of hydrogen-bond acceptors (Lipinski definition) is 3. The number of nitrogens with two attached hydrogens (primary N) is 1. The van der Waals surface area contributed by atoms with Crippen molar-refractivity contribution >= 4 is 12.1 Å². The van der Waals surface area contributed by atoms with Crippen LogP contribution < -0.4 is 5.73 Å². The molecule has 0 amide bonds. The van der Waals surface area contributed by atoms with Gasteiger partial charge in [0.2, 0.25) is 0 Å². The first-order valence-electron chi connectivity index (χ1n) is 5.66. The number of nitrogen functional groups attached to an aromatic ring is 1. The fourth-order valence-corrected chi connectivity index (χ4v) is 1.79. The summed E-state index contributed by atoms with van der Waals surface area (Å²) in [6.07, 6.45) is 2.44. The van der Waals surface area contributed by atoms with Crippen molar-refractivity contribution in [3.63, 3.8) is 0 Å². The first kappa shape index (κ1) is 12.1. The molecule has 0 bridgehead atoms. The van der Waals surface area contributed by atoms with Gasteiger partial charge in [-0.15, -0.1) is 6.58 Å². The second-order valence-electron chi connectivity index (χ2n) is 4.10. The lowest BCUT2D eigenvalue weighted by Gasteiger charge is -1.98. The number of aldehydes is 1. The van der Waals surface area contributed by atoms with E-state index in [1.54, 1.807) is 10.8 Å². The van der Waals surface area contributed by atoms with Gasteiger partial charge >= 0.3 is 0 Å². The SMILES string of the molecule is C=CCn1nc(-c2ccc(C)cc2)c(C=O)c1N. The van der Waals surface area contributed by atoms with E-state index in [0.717, 1.165) is 17.4 Å². The van der Waals surface area contributed by atoms with Gasteiger partial charge in [-0.2, -0.15) is 5.10 Å². The molecule has 0 unspecified atom stereocenters. The summed E-state index contributed by atoms with van der Waals surface area (Å²) in [6.45, 7) is 6.14. The molecule has 1 aromatic carbocycles. The summed E-state index contributed by atoms with van der Waals surface area (Å²) in [5, 5.41) is 4.36. The Morgan fingerprint density at radius 1 is 1.39 bits per heavy atom. The summed E-state index contributed by atoms with van der Waals surface area (Å²) in [4.78, 5) is 11.1. The van der Waals surface area contributed by atoms with Crippen LogP contribution >= 0.6 is 0 Å². The highest BCUT2D eigenvalue weighted by atomic mass is 16.1. The topological polar surface area (TPSA) is 60.9 Å². The van der Waals surface area contributed by atoms with Gasteiger partial charge in [0.1, 0.15) is 11.5 Å². The van der Waals surface area contributed by atoms with E-state index < -0.39 is 0 Å². The smallest absolute Gasteiger partial charge is 0.156 e. The molecule has 18 heavy (non-hydrogen) atoms. The maximum atomic E-state index is 11.1.